The molecule has 0 amide bonds. The van der Waals surface area contributed by atoms with Gasteiger partial charge in [-0.2, -0.15) is 0 Å². The third-order valence-electron chi connectivity index (χ3n) is 4.32. The summed E-state index contributed by atoms with van der Waals surface area (Å²) in [4.78, 5) is 4.94. The highest BCUT2D eigenvalue weighted by Gasteiger charge is 2.19. The molecule has 144 valence electrons. The Hall–Kier alpha value is -2.09. The van der Waals surface area contributed by atoms with Crippen LogP contribution < -0.4 is 5.32 Å². The smallest absolute Gasteiger partial charge is 0.242 e. The molecule has 0 fully saturated rings. The highest BCUT2D eigenvalue weighted by atomic mass is 35.5. The predicted molar refractivity (Wildman–Crippen MR) is 110 cm³/mol. The van der Waals surface area contributed by atoms with Gasteiger partial charge >= 0.3 is 0 Å². The number of aryl methyl sites for hydroxylation is 1. The summed E-state index contributed by atoms with van der Waals surface area (Å²) in [7, 11) is -0.439. The maximum absolute atomic E-state index is 12.4. The lowest BCUT2D eigenvalue weighted by Crippen LogP contribution is -2.22. The molecule has 1 aromatic heterocycles. The van der Waals surface area contributed by atoms with Gasteiger partial charge < -0.3 is 9.88 Å². The van der Waals surface area contributed by atoms with Crippen molar-refractivity contribution in [2.45, 2.75) is 31.3 Å². The maximum Gasteiger partial charge on any atom is 0.242 e. The van der Waals surface area contributed by atoms with E-state index in [-0.39, 0.29) is 4.90 Å². The van der Waals surface area contributed by atoms with Gasteiger partial charge in [-0.25, -0.2) is 17.7 Å². The fourth-order valence-corrected chi connectivity index (χ4v) is 3.94. The molecular weight excluding hydrogens is 384 g/mol. The zero-order chi connectivity index (χ0) is 19.6. The van der Waals surface area contributed by atoms with Crippen LogP contribution in [-0.4, -0.2) is 36.4 Å². The van der Waals surface area contributed by atoms with E-state index in [1.54, 1.807) is 12.1 Å². The second kappa shape index (κ2) is 7.88. The van der Waals surface area contributed by atoms with E-state index in [0.717, 1.165) is 30.0 Å². The maximum atomic E-state index is 12.4. The van der Waals surface area contributed by atoms with E-state index in [2.05, 4.69) is 21.8 Å². The Kier molecular flexibility index (Phi) is 5.74. The van der Waals surface area contributed by atoms with E-state index in [9.17, 15) is 8.42 Å². The van der Waals surface area contributed by atoms with Crippen molar-refractivity contribution < 1.29 is 8.42 Å². The zero-order valence-corrected chi connectivity index (χ0v) is 17.2. The van der Waals surface area contributed by atoms with Crippen molar-refractivity contribution in [3.63, 3.8) is 0 Å². The molecule has 1 heterocycles. The number of benzene rings is 2. The van der Waals surface area contributed by atoms with Crippen LogP contribution in [0.1, 0.15) is 19.2 Å². The van der Waals surface area contributed by atoms with E-state index in [4.69, 9.17) is 11.6 Å². The van der Waals surface area contributed by atoms with E-state index in [1.807, 2.05) is 30.3 Å². The van der Waals surface area contributed by atoms with Gasteiger partial charge in [-0.15, -0.1) is 0 Å². The predicted octanol–water partition coefficient (Wildman–Crippen LogP) is 3.96. The lowest BCUT2D eigenvalue weighted by atomic mass is 10.3. The summed E-state index contributed by atoms with van der Waals surface area (Å²) in [5, 5.41) is 4.03. The Bertz CT molecular complexity index is 1040. The van der Waals surface area contributed by atoms with Gasteiger partial charge in [0.1, 0.15) is 5.82 Å². The summed E-state index contributed by atoms with van der Waals surface area (Å²) in [6.45, 7) is 3.45. The number of aromatic nitrogens is 2. The molecule has 1 N–H and O–H groups in total. The Morgan fingerprint density at radius 1 is 1.15 bits per heavy atom. The quantitative estimate of drug-likeness (QED) is 0.644. The third-order valence-corrected chi connectivity index (χ3v) is 6.38. The first kappa shape index (κ1) is 19.7. The fraction of sp³-hybridized carbons (Fsp3) is 0.316. The molecular formula is C19H23ClN4O2S. The molecule has 6 nitrogen and oxygen atoms in total. The number of anilines is 1. The number of sulfonamides is 1. The van der Waals surface area contributed by atoms with Crippen LogP contribution in [-0.2, 0) is 23.1 Å². The van der Waals surface area contributed by atoms with Crippen molar-refractivity contribution in [3.8, 4) is 0 Å². The van der Waals surface area contributed by atoms with Gasteiger partial charge in [0, 0.05) is 31.4 Å². The second-order valence-electron chi connectivity index (χ2n) is 6.48. The van der Waals surface area contributed by atoms with Gasteiger partial charge in [-0.1, -0.05) is 18.5 Å². The molecule has 0 unspecified atom stereocenters. The third kappa shape index (κ3) is 4.10. The standard InChI is InChI=1S/C19H23ClN4O2S/c1-4-11-24-18-10-9-16(27(25,26)23(2)3)12-17(18)22-19(24)13-21-15-7-5-14(20)6-8-15/h5-10,12,21H,4,11,13H2,1-3H3. The molecule has 0 atom stereocenters. The second-order valence-corrected chi connectivity index (χ2v) is 9.07. The minimum absolute atomic E-state index is 0.248. The number of nitrogens with one attached hydrogen (secondary N) is 1. The Balaban J connectivity index is 1.96. The Morgan fingerprint density at radius 2 is 1.85 bits per heavy atom. The van der Waals surface area contributed by atoms with Gasteiger partial charge in [0.25, 0.3) is 0 Å². The van der Waals surface area contributed by atoms with Crippen LogP contribution in [0.15, 0.2) is 47.4 Å². The van der Waals surface area contributed by atoms with Gasteiger partial charge in [0.15, 0.2) is 0 Å². The fourth-order valence-electron chi connectivity index (χ4n) is 2.89. The molecule has 0 aliphatic heterocycles. The molecule has 0 aliphatic carbocycles. The van der Waals surface area contributed by atoms with E-state index in [0.29, 0.717) is 17.1 Å². The van der Waals surface area contributed by atoms with Crippen LogP contribution >= 0.6 is 11.6 Å². The first-order valence-corrected chi connectivity index (χ1v) is 10.6. The lowest BCUT2D eigenvalue weighted by molar-refractivity contribution is 0.521. The van der Waals surface area contributed by atoms with Crippen LogP contribution in [0, 0.1) is 0 Å². The van der Waals surface area contributed by atoms with Crippen LogP contribution in [0.4, 0.5) is 5.69 Å². The number of hydrogen-bond donors (Lipinski definition) is 1. The van der Waals surface area contributed by atoms with Crippen molar-refractivity contribution in [2.75, 3.05) is 19.4 Å². The molecule has 3 rings (SSSR count). The van der Waals surface area contributed by atoms with Gasteiger partial charge in [-0.3, -0.25) is 0 Å². The minimum Gasteiger partial charge on any atom is -0.378 e. The number of fused-ring (bicyclic) bond motifs is 1. The molecule has 8 heteroatoms. The van der Waals surface area contributed by atoms with Crippen molar-refractivity contribution in [1.29, 1.82) is 0 Å². The van der Waals surface area contributed by atoms with Crippen molar-refractivity contribution in [1.82, 2.24) is 13.9 Å². The Labute approximate surface area is 164 Å². The van der Waals surface area contributed by atoms with Crippen LogP contribution in [0.5, 0.6) is 0 Å². The van der Waals surface area contributed by atoms with Crippen LogP contribution in [0.2, 0.25) is 5.02 Å². The average Bonchev–Trinajstić information content (AvgIpc) is 2.98. The first-order valence-electron chi connectivity index (χ1n) is 8.74. The summed E-state index contributed by atoms with van der Waals surface area (Å²) in [5.41, 5.74) is 2.56. The van der Waals surface area contributed by atoms with Crippen molar-refractivity contribution in [3.05, 3.63) is 53.3 Å². The van der Waals surface area contributed by atoms with Crippen LogP contribution in [0.3, 0.4) is 0 Å². The minimum atomic E-state index is -3.49. The Morgan fingerprint density at radius 3 is 2.48 bits per heavy atom. The largest absolute Gasteiger partial charge is 0.378 e. The topological polar surface area (TPSA) is 67.2 Å². The highest BCUT2D eigenvalue weighted by molar-refractivity contribution is 7.89. The SMILES string of the molecule is CCCn1c(CNc2ccc(Cl)cc2)nc2cc(S(=O)(=O)N(C)C)ccc21. The number of hydrogen-bond acceptors (Lipinski definition) is 4. The van der Waals surface area contributed by atoms with Gasteiger partial charge in [0.05, 0.1) is 22.5 Å². The van der Waals surface area contributed by atoms with Gasteiger partial charge in [-0.05, 0) is 48.9 Å². The lowest BCUT2D eigenvalue weighted by Gasteiger charge is -2.11. The first-order chi connectivity index (χ1) is 12.8. The molecule has 2 aromatic carbocycles. The van der Waals surface area contributed by atoms with E-state index >= 15 is 0 Å². The summed E-state index contributed by atoms with van der Waals surface area (Å²) in [6, 6.07) is 12.6. The van der Waals surface area contributed by atoms with Crippen molar-refractivity contribution >= 4 is 38.3 Å². The van der Waals surface area contributed by atoms with Crippen molar-refractivity contribution in [2.24, 2.45) is 0 Å². The highest BCUT2D eigenvalue weighted by Crippen LogP contribution is 2.23. The molecule has 0 bridgehead atoms. The van der Waals surface area contributed by atoms with E-state index in [1.165, 1.54) is 18.4 Å². The monoisotopic (exact) mass is 406 g/mol. The molecule has 0 spiro atoms. The molecule has 27 heavy (non-hydrogen) atoms. The summed E-state index contributed by atoms with van der Waals surface area (Å²) >= 11 is 5.93. The number of rotatable bonds is 7. The number of halogens is 1. The number of imidazole rings is 1. The van der Waals surface area contributed by atoms with Crippen LogP contribution in [0.25, 0.3) is 11.0 Å². The molecule has 0 saturated carbocycles. The molecule has 0 radical (unpaired) electrons. The zero-order valence-electron chi connectivity index (χ0n) is 15.6. The molecule has 0 aliphatic rings. The molecule has 0 saturated heterocycles. The normalized spacial score (nSPS) is 12.0. The summed E-state index contributed by atoms with van der Waals surface area (Å²) in [5.74, 6) is 0.862. The number of nitrogens with zero attached hydrogens (tertiary/aromatic N) is 3. The summed E-state index contributed by atoms with van der Waals surface area (Å²) in [6.07, 6.45) is 0.956. The molecule has 3 aromatic rings. The van der Waals surface area contributed by atoms with E-state index < -0.39 is 10.0 Å². The average molecular weight is 407 g/mol. The summed E-state index contributed by atoms with van der Waals surface area (Å²) < 4.78 is 28.1. The van der Waals surface area contributed by atoms with Gasteiger partial charge in [0.2, 0.25) is 10.0 Å².